The summed E-state index contributed by atoms with van der Waals surface area (Å²) in [6.07, 6.45) is 2.43. The highest BCUT2D eigenvalue weighted by Gasteiger charge is 2.30. The molecule has 1 heterocycles. The summed E-state index contributed by atoms with van der Waals surface area (Å²) in [5, 5.41) is 25.2. The molecule has 0 radical (unpaired) electrons. The number of H-pyrrole nitrogens is 1. The summed E-state index contributed by atoms with van der Waals surface area (Å²) >= 11 is 0. The zero-order valence-electron chi connectivity index (χ0n) is 18.1. The van der Waals surface area contributed by atoms with Crippen molar-refractivity contribution >= 4 is 29.7 Å². The average Bonchev–Trinajstić information content (AvgIpc) is 3.18. The third kappa shape index (κ3) is 9.12. The summed E-state index contributed by atoms with van der Waals surface area (Å²) < 4.78 is 0. The molecule has 1 rings (SSSR count). The van der Waals surface area contributed by atoms with Crippen molar-refractivity contribution in [3.8, 4) is 0 Å². The standard InChI is InChI=1S/C19H30N6O7/c1-9(2)4-14(19(31)32)25-18(30)13(6-15(26)27)24-16(28)10(3)23-17(29)12(20)5-11-7-21-8-22-11/h7-10,12-14H,4-6,20H2,1-3H3,(H,21,22)(H,23,29)(H,24,28)(H,25,30)(H,26,27)(H,31,32). The molecule has 0 aliphatic rings. The predicted molar refractivity (Wildman–Crippen MR) is 111 cm³/mol. The van der Waals surface area contributed by atoms with E-state index in [9.17, 15) is 29.1 Å². The Labute approximate surface area is 184 Å². The van der Waals surface area contributed by atoms with E-state index < -0.39 is 60.2 Å². The summed E-state index contributed by atoms with van der Waals surface area (Å²) in [5.41, 5.74) is 6.43. The maximum absolute atomic E-state index is 12.5. The topological polar surface area (TPSA) is 217 Å². The lowest BCUT2D eigenvalue weighted by Crippen LogP contribution is -2.57. The van der Waals surface area contributed by atoms with Crippen LogP contribution in [0.5, 0.6) is 0 Å². The first-order valence-corrected chi connectivity index (χ1v) is 9.99. The zero-order chi connectivity index (χ0) is 24.4. The number of hydrogen-bond acceptors (Lipinski definition) is 7. The molecule has 0 fully saturated rings. The molecule has 1 aromatic rings. The van der Waals surface area contributed by atoms with E-state index in [0.29, 0.717) is 5.69 Å². The number of nitrogens with two attached hydrogens (primary N) is 1. The number of amides is 3. The summed E-state index contributed by atoms with van der Waals surface area (Å²) in [6, 6.07) is -4.89. The van der Waals surface area contributed by atoms with Gasteiger partial charge < -0.3 is 36.9 Å². The van der Waals surface area contributed by atoms with Gasteiger partial charge in [-0.2, -0.15) is 0 Å². The zero-order valence-corrected chi connectivity index (χ0v) is 18.1. The maximum Gasteiger partial charge on any atom is 0.326 e. The molecule has 0 aliphatic heterocycles. The molecule has 0 saturated carbocycles. The van der Waals surface area contributed by atoms with Gasteiger partial charge in [-0.1, -0.05) is 13.8 Å². The van der Waals surface area contributed by atoms with Crippen LogP contribution in [-0.4, -0.2) is 74.0 Å². The fourth-order valence-corrected chi connectivity index (χ4v) is 2.76. The van der Waals surface area contributed by atoms with Gasteiger partial charge in [0.2, 0.25) is 17.7 Å². The van der Waals surface area contributed by atoms with Crippen LogP contribution in [0.4, 0.5) is 0 Å². The van der Waals surface area contributed by atoms with Crippen LogP contribution in [0.2, 0.25) is 0 Å². The minimum Gasteiger partial charge on any atom is -0.481 e. The number of aromatic amines is 1. The molecular formula is C19H30N6O7. The Bertz CT molecular complexity index is 811. The normalized spacial score (nSPS) is 14.7. The fourth-order valence-electron chi connectivity index (χ4n) is 2.76. The third-order valence-electron chi connectivity index (χ3n) is 4.42. The predicted octanol–water partition coefficient (Wildman–Crippen LogP) is -1.64. The molecule has 13 nitrogen and oxygen atoms in total. The number of nitrogens with one attached hydrogen (secondary N) is 4. The van der Waals surface area contributed by atoms with Gasteiger partial charge in [0.1, 0.15) is 18.1 Å². The van der Waals surface area contributed by atoms with Gasteiger partial charge in [-0.25, -0.2) is 9.78 Å². The Hall–Kier alpha value is -3.48. The highest BCUT2D eigenvalue weighted by Crippen LogP contribution is 2.06. The SMILES string of the molecule is CC(C)CC(NC(=O)C(CC(=O)O)NC(=O)C(C)NC(=O)C(N)Cc1cnc[nH]1)C(=O)O. The van der Waals surface area contributed by atoms with Crippen LogP contribution in [0.1, 0.15) is 39.3 Å². The van der Waals surface area contributed by atoms with Crippen LogP contribution in [0.25, 0.3) is 0 Å². The van der Waals surface area contributed by atoms with Gasteiger partial charge in [0.25, 0.3) is 0 Å². The molecule has 0 aromatic carbocycles. The van der Waals surface area contributed by atoms with Crippen molar-refractivity contribution < 1.29 is 34.2 Å². The molecule has 8 N–H and O–H groups in total. The van der Waals surface area contributed by atoms with Crippen LogP contribution < -0.4 is 21.7 Å². The minimum atomic E-state index is -1.54. The van der Waals surface area contributed by atoms with Gasteiger partial charge in [0, 0.05) is 18.3 Å². The molecule has 0 bridgehead atoms. The van der Waals surface area contributed by atoms with E-state index in [1.54, 1.807) is 13.8 Å². The van der Waals surface area contributed by atoms with E-state index in [2.05, 4.69) is 25.9 Å². The van der Waals surface area contributed by atoms with Crippen molar-refractivity contribution in [3.05, 3.63) is 18.2 Å². The second-order valence-electron chi connectivity index (χ2n) is 7.81. The Kier molecular flexibility index (Phi) is 10.3. The van der Waals surface area contributed by atoms with E-state index >= 15 is 0 Å². The molecule has 0 aliphatic carbocycles. The molecule has 13 heteroatoms. The highest BCUT2D eigenvalue weighted by atomic mass is 16.4. The summed E-state index contributed by atoms with van der Waals surface area (Å²) in [4.78, 5) is 66.2. The average molecular weight is 454 g/mol. The monoisotopic (exact) mass is 454 g/mol. The quantitative estimate of drug-likeness (QED) is 0.181. The third-order valence-corrected chi connectivity index (χ3v) is 4.42. The van der Waals surface area contributed by atoms with E-state index in [0.717, 1.165) is 0 Å². The number of aromatic nitrogens is 2. The lowest BCUT2D eigenvalue weighted by atomic mass is 10.0. The number of carbonyl (C=O) groups excluding carboxylic acids is 3. The van der Waals surface area contributed by atoms with Crippen LogP contribution in [0.3, 0.4) is 0 Å². The molecule has 4 unspecified atom stereocenters. The lowest BCUT2D eigenvalue weighted by molar-refractivity contribution is -0.144. The second-order valence-corrected chi connectivity index (χ2v) is 7.81. The second kappa shape index (κ2) is 12.4. The highest BCUT2D eigenvalue weighted by molar-refractivity contribution is 5.95. The van der Waals surface area contributed by atoms with Gasteiger partial charge in [0.15, 0.2) is 0 Å². The molecule has 0 spiro atoms. The van der Waals surface area contributed by atoms with Crippen molar-refractivity contribution in [1.29, 1.82) is 0 Å². The van der Waals surface area contributed by atoms with E-state index in [1.165, 1.54) is 19.4 Å². The molecule has 4 atom stereocenters. The van der Waals surface area contributed by atoms with E-state index in [-0.39, 0.29) is 18.8 Å². The maximum atomic E-state index is 12.5. The van der Waals surface area contributed by atoms with Gasteiger partial charge in [-0.3, -0.25) is 19.2 Å². The van der Waals surface area contributed by atoms with Gasteiger partial charge in [-0.15, -0.1) is 0 Å². The number of rotatable bonds is 13. The first-order valence-electron chi connectivity index (χ1n) is 9.99. The summed E-state index contributed by atoms with van der Waals surface area (Å²) in [7, 11) is 0. The van der Waals surface area contributed by atoms with Gasteiger partial charge in [-0.05, 0) is 19.3 Å². The fraction of sp³-hybridized carbons (Fsp3) is 0.579. The molecule has 1 aromatic heterocycles. The number of carboxylic acid groups (broad SMARTS) is 2. The van der Waals surface area contributed by atoms with E-state index in [1.807, 2.05) is 0 Å². The Morgan fingerprint density at radius 1 is 1.00 bits per heavy atom. The van der Waals surface area contributed by atoms with Crippen molar-refractivity contribution in [2.45, 2.75) is 64.2 Å². The minimum absolute atomic E-state index is 0.0508. The number of nitrogens with zero attached hydrogens (tertiary/aromatic N) is 1. The molecule has 178 valence electrons. The molecular weight excluding hydrogens is 424 g/mol. The van der Waals surface area contributed by atoms with Crippen molar-refractivity contribution in [2.75, 3.05) is 0 Å². The number of aliphatic carboxylic acids is 2. The number of hydrogen-bond donors (Lipinski definition) is 7. The smallest absolute Gasteiger partial charge is 0.326 e. The molecule has 32 heavy (non-hydrogen) atoms. The van der Waals surface area contributed by atoms with Crippen LogP contribution >= 0.6 is 0 Å². The summed E-state index contributed by atoms with van der Waals surface area (Å²) in [6.45, 7) is 4.87. The first-order chi connectivity index (χ1) is 14.9. The van der Waals surface area contributed by atoms with Crippen LogP contribution in [0, 0.1) is 5.92 Å². The van der Waals surface area contributed by atoms with Crippen molar-refractivity contribution in [1.82, 2.24) is 25.9 Å². The lowest BCUT2D eigenvalue weighted by Gasteiger charge is -2.23. The number of carbonyl (C=O) groups is 5. The Morgan fingerprint density at radius 3 is 2.12 bits per heavy atom. The molecule has 3 amide bonds. The Morgan fingerprint density at radius 2 is 1.62 bits per heavy atom. The van der Waals surface area contributed by atoms with E-state index in [4.69, 9.17) is 10.8 Å². The van der Waals surface area contributed by atoms with Crippen molar-refractivity contribution in [3.63, 3.8) is 0 Å². The molecule has 0 saturated heterocycles. The number of carboxylic acids is 2. The number of imidazole rings is 1. The largest absolute Gasteiger partial charge is 0.481 e. The van der Waals surface area contributed by atoms with Crippen molar-refractivity contribution in [2.24, 2.45) is 11.7 Å². The van der Waals surface area contributed by atoms with Gasteiger partial charge >= 0.3 is 11.9 Å². The van der Waals surface area contributed by atoms with Gasteiger partial charge in [0.05, 0.1) is 18.8 Å². The van der Waals surface area contributed by atoms with Crippen LogP contribution in [-0.2, 0) is 30.4 Å². The Balaban J connectivity index is 2.74. The van der Waals surface area contributed by atoms with Crippen LogP contribution in [0.15, 0.2) is 12.5 Å². The first kappa shape index (κ1) is 26.6. The summed E-state index contributed by atoms with van der Waals surface area (Å²) in [5.74, 6) is -5.12.